The Labute approximate surface area is 220 Å². The quantitative estimate of drug-likeness (QED) is 0.333. The van der Waals surface area contributed by atoms with E-state index >= 15 is 0 Å². The fourth-order valence-electron chi connectivity index (χ4n) is 4.09. The van der Waals surface area contributed by atoms with Crippen LogP contribution in [0.4, 0.5) is 0 Å². The van der Waals surface area contributed by atoms with Gasteiger partial charge in [0.05, 0.1) is 5.75 Å². The van der Waals surface area contributed by atoms with Crippen molar-refractivity contribution in [3.63, 3.8) is 0 Å². The maximum Gasteiger partial charge on any atom is 0.243 e. The van der Waals surface area contributed by atoms with Crippen molar-refractivity contribution >= 4 is 23.6 Å². The third kappa shape index (κ3) is 8.56. The number of rotatable bonds is 12. The first-order valence-electron chi connectivity index (χ1n) is 12.6. The second-order valence-corrected chi connectivity index (χ2v) is 10.8. The second-order valence-electron chi connectivity index (χ2n) is 9.77. The summed E-state index contributed by atoms with van der Waals surface area (Å²) >= 11 is 1.60. The summed E-state index contributed by atoms with van der Waals surface area (Å²) in [5, 5.41) is 3.08. The molecule has 36 heavy (non-hydrogen) atoms. The van der Waals surface area contributed by atoms with E-state index in [4.69, 9.17) is 0 Å². The summed E-state index contributed by atoms with van der Waals surface area (Å²) in [6.07, 6.45) is 0.477. The zero-order chi connectivity index (χ0) is 25.9. The molecule has 1 N–H and O–H groups in total. The van der Waals surface area contributed by atoms with Crippen LogP contribution in [-0.4, -0.2) is 35.1 Å². The van der Waals surface area contributed by atoms with Crippen molar-refractivity contribution in [2.45, 2.75) is 52.5 Å². The van der Waals surface area contributed by atoms with Gasteiger partial charge in [0, 0.05) is 25.3 Å². The van der Waals surface area contributed by atoms with E-state index < -0.39 is 6.04 Å². The fraction of sp³-hybridized carbons (Fsp3) is 0.355. The molecule has 0 aromatic heterocycles. The van der Waals surface area contributed by atoms with E-state index in [0.717, 1.165) is 22.4 Å². The van der Waals surface area contributed by atoms with Gasteiger partial charge in [0.2, 0.25) is 11.8 Å². The van der Waals surface area contributed by atoms with Crippen LogP contribution in [0.5, 0.6) is 0 Å². The molecule has 3 aromatic rings. The van der Waals surface area contributed by atoms with Crippen LogP contribution in [0.25, 0.3) is 0 Å². The minimum Gasteiger partial charge on any atom is -0.354 e. The van der Waals surface area contributed by atoms with Gasteiger partial charge < -0.3 is 10.2 Å². The Morgan fingerprint density at radius 1 is 0.889 bits per heavy atom. The number of hydrogen-bond donors (Lipinski definition) is 1. The topological polar surface area (TPSA) is 49.4 Å². The Balaban J connectivity index is 1.85. The van der Waals surface area contributed by atoms with Crippen molar-refractivity contribution in [2.24, 2.45) is 5.92 Å². The van der Waals surface area contributed by atoms with E-state index in [-0.39, 0.29) is 11.8 Å². The van der Waals surface area contributed by atoms with Gasteiger partial charge >= 0.3 is 0 Å². The lowest BCUT2D eigenvalue weighted by atomic mass is 10.0. The van der Waals surface area contributed by atoms with Crippen LogP contribution < -0.4 is 5.32 Å². The first-order valence-corrected chi connectivity index (χ1v) is 13.8. The van der Waals surface area contributed by atoms with Gasteiger partial charge in [-0.25, -0.2) is 0 Å². The molecule has 0 saturated heterocycles. The number of nitrogens with one attached hydrogen (secondary N) is 1. The lowest BCUT2D eigenvalue weighted by Crippen LogP contribution is -2.51. The number of amides is 2. The van der Waals surface area contributed by atoms with Crippen molar-refractivity contribution in [1.29, 1.82) is 0 Å². The zero-order valence-corrected chi connectivity index (χ0v) is 22.7. The predicted molar refractivity (Wildman–Crippen MR) is 151 cm³/mol. The highest BCUT2D eigenvalue weighted by molar-refractivity contribution is 7.99. The van der Waals surface area contributed by atoms with E-state index in [1.165, 1.54) is 11.1 Å². The second kappa shape index (κ2) is 13.9. The molecule has 0 fully saturated rings. The molecule has 190 valence electrons. The first-order chi connectivity index (χ1) is 17.3. The van der Waals surface area contributed by atoms with E-state index in [9.17, 15) is 9.59 Å². The molecule has 5 heteroatoms. The Morgan fingerprint density at radius 2 is 1.58 bits per heavy atom. The Bertz CT molecular complexity index is 1130. The monoisotopic (exact) mass is 502 g/mol. The highest BCUT2D eigenvalue weighted by Crippen LogP contribution is 2.20. The first kappa shape index (κ1) is 27.5. The standard InChI is InChI=1S/C31H38N2O2S/c1-23(2)19-32-31(35)29(18-26-13-6-5-7-14-26)33(20-27-15-10-11-24(3)17-27)30(34)22-36-21-28-16-9-8-12-25(28)4/h5-17,23,29H,18-22H2,1-4H3,(H,32,35)/t29-/m1/s1. The fourth-order valence-corrected chi connectivity index (χ4v) is 5.07. The van der Waals surface area contributed by atoms with Crippen molar-refractivity contribution in [1.82, 2.24) is 10.2 Å². The molecule has 1 atom stereocenters. The molecule has 0 aliphatic rings. The molecule has 4 nitrogen and oxygen atoms in total. The number of benzene rings is 3. The summed E-state index contributed by atoms with van der Waals surface area (Å²) in [5.41, 5.74) is 5.66. The largest absolute Gasteiger partial charge is 0.354 e. The molecule has 0 bridgehead atoms. The van der Waals surface area contributed by atoms with Gasteiger partial charge in [-0.2, -0.15) is 0 Å². The molecule has 0 heterocycles. The molecule has 3 rings (SSSR count). The van der Waals surface area contributed by atoms with Crippen LogP contribution in [0.2, 0.25) is 0 Å². The summed E-state index contributed by atoms with van der Waals surface area (Å²) in [6.45, 7) is 9.27. The van der Waals surface area contributed by atoms with Crippen molar-refractivity contribution < 1.29 is 9.59 Å². The third-order valence-corrected chi connectivity index (χ3v) is 7.10. The number of carbonyl (C=O) groups is 2. The summed E-state index contributed by atoms with van der Waals surface area (Å²) in [7, 11) is 0. The van der Waals surface area contributed by atoms with E-state index in [1.807, 2.05) is 67.6 Å². The van der Waals surface area contributed by atoms with Crippen LogP contribution in [0, 0.1) is 19.8 Å². The molecule has 2 amide bonds. The average Bonchev–Trinajstić information content (AvgIpc) is 2.86. The lowest BCUT2D eigenvalue weighted by molar-refractivity contribution is -0.139. The van der Waals surface area contributed by atoms with Crippen LogP contribution in [0.3, 0.4) is 0 Å². The minimum atomic E-state index is -0.585. The van der Waals surface area contributed by atoms with Gasteiger partial charge in [-0.1, -0.05) is 98.3 Å². The van der Waals surface area contributed by atoms with Crippen LogP contribution in [0.15, 0.2) is 78.9 Å². The molecule has 0 unspecified atom stereocenters. The number of thioether (sulfide) groups is 1. The van der Waals surface area contributed by atoms with Crippen molar-refractivity contribution in [2.75, 3.05) is 12.3 Å². The smallest absolute Gasteiger partial charge is 0.243 e. The Morgan fingerprint density at radius 3 is 2.28 bits per heavy atom. The van der Waals surface area contributed by atoms with Crippen LogP contribution in [0.1, 0.15) is 41.7 Å². The van der Waals surface area contributed by atoms with Crippen molar-refractivity contribution in [3.8, 4) is 0 Å². The SMILES string of the molecule is Cc1cccc(CN(C(=O)CSCc2ccccc2C)[C@H](Cc2ccccc2)C(=O)NCC(C)C)c1. The Hall–Kier alpha value is -3.05. The highest BCUT2D eigenvalue weighted by Gasteiger charge is 2.30. The van der Waals surface area contributed by atoms with E-state index in [2.05, 4.69) is 44.3 Å². The lowest BCUT2D eigenvalue weighted by Gasteiger charge is -2.32. The minimum absolute atomic E-state index is 0.0179. The van der Waals surface area contributed by atoms with Gasteiger partial charge in [0.25, 0.3) is 0 Å². The molecular formula is C31H38N2O2S. The predicted octanol–water partition coefficient (Wildman–Crippen LogP) is 5.95. The average molecular weight is 503 g/mol. The van der Waals surface area contributed by atoms with Gasteiger partial charge in [-0.05, 0) is 42.0 Å². The van der Waals surface area contributed by atoms with E-state index in [1.54, 1.807) is 16.7 Å². The van der Waals surface area contributed by atoms with Gasteiger partial charge in [-0.15, -0.1) is 11.8 Å². The van der Waals surface area contributed by atoms with E-state index in [0.29, 0.717) is 31.2 Å². The molecular weight excluding hydrogens is 464 g/mol. The normalized spacial score (nSPS) is 11.8. The van der Waals surface area contributed by atoms with Crippen molar-refractivity contribution in [3.05, 3.63) is 107 Å². The number of carbonyl (C=O) groups excluding carboxylic acids is 2. The molecule has 0 radical (unpaired) electrons. The molecule has 3 aromatic carbocycles. The van der Waals surface area contributed by atoms with Crippen LogP contribution in [-0.2, 0) is 28.3 Å². The summed E-state index contributed by atoms with van der Waals surface area (Å²) in [5.74, 6) is 1.30. The number of nitrogens with zero attached hydrogens (tertiary/aromatic N) is 1. The molecule has 0 saturated carbocycles. The maximum atomic E-state index is 13.7. The van der Waals surface area contributed by atoms with Gasteiger partial charge in [0.15, 0.2) is 0 Å². The summed E-state index contributed by atoms with van der Waals surface area (Å²) in [4.78, 5) is 29.0. The van der Waals surface area contributed by atoms with Gasteiger partial charge in [-0.3, -0.25) is 9.59 Å². The zero-order valence-electron chi connectivity index (χ0n) is 21.9. The summed E-state index contributed by atoms with van der Waals surface area (Å²) in [6, 6.07) is 25.8. The molecule has 0 aliphatic carbocycles. The molecule has 0 spiro atoms. The summed E-state index contributed by atoms with van der Waals surface area (Å²) < 4.78 is 0. The Kier molecular flexibility index (Phi) is 10.6. The highest BCUT2D eigenvalue weighted by atomic mass is 32.2. The molecule has 0 aliphatic heterocycles. The maximum absolute atomic E-state index is 13.7. The third-order valence-electron chi connectivity index (χ3n) is 6.14. The van der Waals surface area contributed by atoms with Crippen LogP contribution >= 0.6 is 11.8 Å². The van der Waals surface area contributed by atoms with Gasteiger partial charge in [0.1, 0.15) is 6.04 Å². The number of aryl methyl sites for hydroxylation is 2. The number of hydrogen-bond acceptors (Lipinski definition) is 3.